The Morgan fingerprint density at radius 3 is 2.31 bits per heavy atom. The third kappa shape index (κ3) is 4.36. The lowest BCUT2D eigenvalue weighted by atomic mass is 9.99. The van der Waals surface area contributed by atoms with Crippen molar-refractivity contribution in [2.24, 2.45) is 0 Å². The average molecular weight is 429 g/mol. The van der Waals surface area contributed by atoms with Gasteiger partial charge in [-0.3, -0.25) is 4.79 Å². The van der Waals surface area contributed by atoms with E-state index in [-0.39, 0.29) is 10.7 Å². The number of halogens is 1. The SMILES string of the molecule is [C-]#[N+]c1c(CC)sc(C(=O)NS(C)(=O)=O)c1-c1ccc(-c2ccccc2F)cc1. The molecule has 5 nitrogen and oxygen atoms in total. The van der Waals surface area contributed by atoms with Crippen LogP contribution in [0.1, 0.15) is 21.5 Å². The first kappa shape index (κ1) is 20.7. The van der Waals surface area contributed by atoms with Crippen molar-refractivity contribution < 1.29 is 17.6 Å². The fourth-order valence-corrected chi connectivity index (χ4v) is 4.58. The van der Waals surface area contributed by atoms with E-state index in [1.165, 1.54) is 6.07 Å². The second-order valence-corrected chi connectivity index (χ2v) is 9.16. The van der Waals surface area contributed by atoms with Gasteiger partial charge in [0, 0.05) is 16.0 Å². The molecule has 3 aromatic rings. The molecule has 3 rings (SSSR count). The average Bonchev–Trinajstić information content (AvgIpc) is 3.06. The summed E-state index contributed by atoms with van der Waals surface area (Å²) in [4.78, 5) is 17.0. The highest BCUT2D eigenvalue weighted by atomic mass is 32.2. The maximum Gasteiger partial charge on any atom is 0.274 e. The number of nitrogens with one attached hydrogen (secondary N) is 1. The van der Waals surface area contributed by atoms with E-state index in [0.717, 1.165) is 17.6 Å². The van der Waals surface area contributed by atoms with Gasteiger partial charge in [0.1, 0.15) is 5.82 Å². The number of carbonyl (C=O) groups is 1. The van der Waals surface area contributed by atoms with Crippen molar-refractivity contribution in [2.75, 3.05) is 6.26 Å². The number of thiophene rings is 1. The fraction of sp³-hybridized carbons (Fsp3) is 0.143. The van der Waals surface area contributed by atoms with Crippen molar-refractivity contribution in [3.05, 3.63) is 75.5 Å². The Morgan fingerprint density at radius 2 is 1.76 bits per heavy atom. The predicted octanol–water partition coefficient (Wildman–Crippen LogP) is 5.02. The molecule has 0 aliphatic heterocycles. The van der Waals surface area contributed by atoms with Crippen LogP contribution in [0.2, 0.25) is 0 Å². The van der Waals surface area contributed by atoms with Gasteiger partial charge in [-0.05, 0) is 23.6 Å². The molecule has 0 radical (unpaired) electrons. The van der Waals surface area contributed by atoms with E-state index >= 15 is 0 Å². The van der Waals surface area contributed by atoms with Gasteiger partial charge < -0.3 is 0 Å². The molecular weight excluding hydrogens is 411 g/mol. The largest absolute Gasteiger partial charge is 0.274 e. The third-order valence-corrected chi connectivity index (χ3v) is 6.11. The summed E-state index contributed by atoms with van der Waals surface area (Å²) < 4.78 is 39.0. The molecule has 148 valence electrons. The molecule has 1 aromatic heterocycles. The number of sulfonamides is 1. The monoisotopic (exact) mass is 428 g/mol. The van der Waals surface area contributed by atoms with Crippen LogP contribution in [0, 0.1) is 12.4 Å². The van der Waals surface area contributed by atoms with Crippen LogP contribution in [0.4, 0.5) is 10.1 Å². The zero-order valence-electron chi connectivity index (χ0n) is 15.7. The van der Waals surface area contributed by atoms with Crippen LogP contribution in [0.5, 0.6) is 0 Å². The number of nitrogens with zero attached hydrogens (tertiary/aromatic N) is 1. The third-order valence-electron chi connectivity index (χ3n) is 4.23. The number of carbonyl (C=O) groups excluding carboxylic acids is 1. The molecule has 0 saturated heterocycles. The van der Waals surface area contributed by atoms with Crippen LogP contribution in [0.25, 0.3) is 27.1 Å². The lowest BCUT2D eigenvalue weighted by Gasteiger charge is -2.08. The number of amides is 1. The Hall–Kier alpha value is -3.02. The number of hydrogen-bond donors (Lipinski definition) is 1. The highest BCUT2D eigenvalue weighted by Gasteiger charge is 2.25. The summed E-state index contributed by atoms with van der Waals surface area (Å²) in [5, 5.41) is 0. The Bertz CT molecular complexity index is 1220. The molecule has 0 fully saturated rings. The molecular formula is C21H17FN2O3S2. The van der Waals surface area contributed by atoms with Crippen LogP contribution in [-0.2, 0) is 16.4 Å². The molecule has 8 heteroatoms. The maximum absolute atomic E-state index is 14.0. The lowest BCUT2D eigenvalue weighted by molar-refractivity contribution is 0.0986. The second-order valence-electron chi connectivity index (χ2n) is 6.30. The van der Waals surface area contributed by atoms with Gasteiger partial charge in [0.2, 0.25) is 15.7 Å². The quantitative estimate of drug-likeness (QED) is 0.580. The molecule has 29 heavy (non-hydrogen) atoms. The predicted molar refractivity (Wildman–Crippen MR) is 113 cm³/mol. The molecule has 0 atom stereocenters. The normalized spacial score (nSPS) is 11.1. The summed E-state index contributed by atoms with van der Waals surface area (Å²) in [6.07, 6.45) is 1.44. The van der Waals surface area contributed by atoms with Gasteiger partial charge in [-0.2, -0.15) is 0 Å². The molecule has 0 aliphatic carbocycles. The molecule has 0 unspecified atom stereocenters. The molecule has 0 spiro atoms. The molecule has 1 amide bonds. The van der Waals surface area contributed by atoms with Crippen LogP contribution >= 0.6 is 11.3 Å². The highest BCUT2D eigenvalue weighted by Crippen LogP contribution is 2.43. The first-order valence-corrected chi connectivity index (χ1v) is 11.4. The molecule has 0 bridgehead atoms. The number of aryl methyl sites for hydroxylation is 1. The minimum atomic E-state index is -3.75. The first-order chi connectivity index (χ1) is 13.7. The molecule has 0 aliphatic rings. The molecule has 1 N–H and O–H groups in total. The van der Waals surface area contributed by atoms with Crippen molar-refractivity contribution in [2.45, 2.75) is 13.3 Å². The Morgan fingerprint density at radius 1 is 1.14 bits per heavy atom. The molecule has 2 aromatic carbocycles. The Balaban J connectivity index is 2.12. The number of benzene rings is 2. The Labute approximate surface area is 172 Å². The second kappa shape index (κ2) is 8.15. The number of hydrogen-bond acceptors (Lipinski definition) is 4. The summed E-state index contributed by atoms with van der Waals surface area (Å²) in [6, 6.07) is 13.2. The van der Waals surface area contributed by atoms with Gasteiger partial charge in [0.05, 0.1) is 17.7 Å². The summed E-state index contributed by atoms with van der Waals surface area (Å²) in [5.74, 6) is -1.12. The van der Waals surface area contributed by atoms with E-state index in [9.17, 15) is 17.6 Å². The van der Waals surface area contributed by atoms with Crippen LogP contribution in [0.3, 0.4) is 0 Å². The highest BCUT2D eigenvalue weighted by molar-refractivity contribution is 7.89. The zero-order valence-corrected chi connectivity index (χ0v) is 17.3. The summed E-state index contributed by atoms with van der Waals surface area (Å²) in [5.41, 5.74) is 2.41. The van der Waals surface area contributed by atoms with Crippen LogP contribution in [0.15, 0.2) is 48.5 Å². The topological polar surface area (TPSA) is 67.6 Å². The first-order valence-electron chi connectivity index (χ1n) is 8.65. The molecule has 1 heterocycles. The zero-order chi connectivity index (χ0) is 21.2. The smallest absolute Gasteiger partial charge is 0.267 e. The van der Waals surface area contributed by atoms with E-state index in [1.54, 1.807) is 42.5 Å². The van der Waals surface area contributed by atoms with E-state index in [1.807, 2.05) is 11.6 Å². The maximum atomic E-state index is 14.0. The van der Waals surface area contributed by atoms with Gasteiger partial charge >= 0.3 is 0 Å². The summed E-state index contributed by atoms with van der Waals surface area (Å²) in [6.45, 7) is 9.41. The summed E-state index contributed by atoms with van der Waals surface area (Å²) in [7, 11) is -3.75. The standard InChI is InChI=1S/C21H17FN2O3S2/c1-4-17-19(23-2)18(20(28-17)21(25)24-29(3,26)27)14-11-9-13(10-12-14)15-7-5-6-8-16(15)22/h5-12H,4H2,1,3H3,(H,24,25). The van der Waals surface area contributed by atoms with Gasteiger partial charge in [-0.1, -0.05) is 49.4 Å². The van der Waals surface area contributed by atoms with Crippen molar-refractivity contribution in [3.8, 4) is 22.3 Å². The van der Waals surface area contributed by atoms with Crippen molar-refractivity contribution in [1.29, 1.82) is 0 Å². The molecule has 0 saturated carbocycles. The van der Waals surface area contributed by atoms with Crippen molar-refractivity contribution >= 4 is 33.0 Å². The van der Waals surface area contributed by atoms with Gasteiger partial charge in [0.15, 0.2) is 0 Å². The number of rotatable bonds is 5. The minimum absolute atomic E-state index is 0.164. The van der Waals surface area contributed by atoms with Crippen molar-refractivity contribution in [1.82, 2.24) is 4.72 Å². The Kier molecular flexibility index (Phi) is 5.82. The lowest BCUT2D eigenvalue weighted by Crippen LogP contribution is -2.29. The fourth-order valence-electron chi connectivity index (χ4n) is 2.98. The van der Waals surface area contributed by atoms with Gasteiger partial charge in [0.25, 0.3) is 5.91 Å². The van der Waals surface area contributed by atoms with E-state index in [4.69, 9.17) is 6.57 Å². The van der Waals surface area contributed by atoms with E-state index in [0.29, 0.717) is 39.2 Å². The minimum Gasteiger partial charge on any atom is -0.267 e. The van der Waals surface area contributed by atoms with Gasteiger partial charge in [-0.25, -0.2) is 22.4 Å². The van der Waals surface area contributed by atoms with Gasteiger partial charge in [-0.15, -0.1) is 11.3 Å². The van der Waals surface area contributed by atoms with Crippen LogP contribution < -0.4 is 4.72 Å². The summed E-state index contributed by atoms with van der Waals surface area (Å²) >= 11 is 1.11. The van der Waals surface area contributed by atoms with Crippen LogP contribution in [-0.4, -0.2) is 20.6 Å². The van der Waals surface area contributed by atoms with E-state index in [2.05, 4.69) is 4.85 Å². The van der Waals surface area contributed by atoms with E-state index < -0.39 is 15.9 Å². The van der Waals surface area contributed by atoms with Crippen molar-refractivity contribution in [3.63, 3.8) is 0 Å².